The number of halogens is 1. The molecule has 0 spiro atoms. The normalized spacial score (nSPS) is 23.9. The first-order chi connectivity index (χ1) is 7.00. The van der Waals surface area contributed by atoms with Crippen LogP contribution >= 0.6 is 11.6 Å². The van der Waals surface area contributed by atoms with Crippen molar-refractivity contribution in [2.75, 3.05) is 0 Å². The standard InChI is InChI=1S/C9H9ClN2O3/c1-4-2-7(13)12(11-8(4)10)6-3-5(6)9(14)15/h2,5-6H,3H2,1H3,(H,14,15)/t5?,6-/m0/s1. The van der Waals surface area contributed by atoms with E-state index >= 15 is 0 Å². The molecule has 1 aliphatic rings. The summed E-state index contributed by atoms with van der Waals surface area (Å²) in [7, 11) is 0. The van der Waals surface area contributed by atoms with Crippen LogP contribution in [0.1, 0.15) is 18.0 Å². The van der Waals surface area contributed by atoms with Gasteiger partial charge in [-0.1, -0.05) is 11.6 Å². The average Bonchev–Trinajstić information content (AvgIpc) is 2.90. The van der Waals surface area contributed by atoms with E-state index < -0.39 is 11.9 Å². The maximum atomic E-state index is 11.5. The zero-order chi connectivity index (χ0) is 11.2. The summed E-state index contributed by atoms with van der Waals surface area (Å²) in [4.78, 5) is 22.1. The monoisotopic (exact) mass is 228 g/mol. The summed E-state index contributed by atoms with van der Waals surface area (Å²) < 4.78 is 1.16. The second-order valence-corrected chi connectivity index (χ2v) is 4.01. The molecule has 0 bridgehead atoms. The van der Waals surface area contributed by atoms with E-state index in [2.05, 4.69) is 5.10 Å². The van der Waals surface area contributed by atoms with Crippen molar-refractivity contribution in [2.24, 2.45) is 5.92 Å². The number of nitrogens with zero attached hydrogens (tertiary/aromatic N) is 2. The first-order valence-electron chi connectivity index (χ1n) is 4.49. The van der Waals surface area contributed by atoms with Crippen LogP contribution in [0.5, 0.6) is 0 Å². The molecule has 1 aromatic heterocycles. The maximum absolute atomic E-state index is 11.5. The minimum atomic E-state index is -0.898. The predicted octanol–water partition coefficient (Wildman–Crippen LogP) is 0.851. The van der Waals surface area contributed by atoms with Crippen LogP contribution in [0.15, 0.2) is 10.9 Å². The number of carboxylic acids is 1. The third-order valence-corrected chi connectivity index (χ3v) is 2.85. The molecule has 1 aromatic rings. The van der Waals surface area contributed by atoms with Crippen LogP contribution in [0.2, 0.25) is 5.15 Å². The largest absolute Gasteiger partial charge is 0.481 e. The predicted molar refractivity (Wildman–Crippen MR) is 53.0 cm³/mol. The van der Waals surface area contributed by atoms with Gasteiger partial charge in [-0.25, -0.2) is 4.68 Å². The lowest BCUT2D eigenvalue weighted by atomic mass is 10.3. The summed E-state index contributed by atoms with van der Waals surface area (Å²) in [6.07, 6.45) is 0.446. The molecule has 0 saturated heterocycles. The quantitative estimate of drug-likeness (QED) is 0.815. The van der Waals surface area contributed by atoms with Gasteiger partial charge in [-0.05, 0) is 18.9 Å². The van der Waals surface area contributed by atoms with E-state index in [0.29, 0.717) is 12.0 Å². The van der Waals surface area contributed by atoms with Gasteiger partial charge in [0.25, 0.3) is 5.56 Å². The topological polar surface area (TPSA) is 72.2 Å². The lowest BCUT2D eigenvalue weighted by Gasteiger charge is -2.04. The third kappa shape index (κ3) is 1.74. The molecule has 1 saturated carbocycles. The molecule has 1 unspecified atom stereocenters. The van der Waals surface area contributed by atoms with Crippen LogP contribution in [0.25, 0.3) is 0 Å². The number of aromatic nitrogens is 2. The fraction of sp³-hybridized carbons (Fsp3) is 0.444. The minimum absolute atomic E-state index is 0.241. The summed E-state index contributed by atoms with van der Waals surface area (Å²) >= 11 is 5.77. The number of carbonyl (C=O) groups is 1. The Morgan fingerprint density at radius 1 is 1.73 bits per heavy atom. The minimum Gasteiger partial charge on any atom is -0.481 e. The molecular formula is C9H9ClN2O3. The van der Waals surface area contributed by atoms with Gasteiger partial charge in [0.15, 0.2) is 5.15 Å². The molecule has 15 heavy (non-hydrogen) atoms. The lowest BCUT2D eigenvalue weighted by Crippen LogP contribution is -2.23. The highest BCUT2D eigenvalue weighted by molar-refractivity contribution is 6.30. The van der Waals surface area contributed by atoms with Crippen molar-refractivity contribution in [2.45, 2.75) is 19.4 Å². The summed E-state index contributed by atoms with van der Waals surface area (Å²) in [6.45, 7) is 1.68. The van der Waals surface area contributed by atoms with Crippen LogP contribution in [0, 0.1) is 12.8 Å². The van der Waals surface area contributed by atoms with E-state index in [1.54, 1.807) is 6.92 Å². The summed E-state index contributed by atoms with van der Waals surface area (Å²) in [5, 5.41) is 12.8. The van der Waals surface area contributed by atoms with Gasteiger partial charge < -0.3 is 5.11 Å². The highest BCUT2D eigenvalue weighted by atomic mass is 35.5. The third-order valence-electron chi connectivity index (χ3n) is 2.47. The highest BCUT2D eigenvalue weighted by Crippen LogP contribution is 2.42. The molecule has 0 radical (unpaired) electrons. The van der Waals surface area contributed by atoms with Crippen molar-refractivity contribution >= 4 is 17.6 Å². The van der Waals surface area contributed by atoms with Crippen molar-refractivity contribution in [3.8, 4) is 0 Å². The van der Waals surface area contributed by atoms with Crippen molar-refractivity contribution in [3.63, 3.8) is 0 Å². The Morgan fingerprint density at radius 3 is 2.93 bits per heavy atom. The van der Waals surface area contributed by atoms with E-state index in [0.717, 1.165) is 4.68 Å². The zero-order valence-electron chi connectivity index (χ0n) is 7.98. The lowest BCUT2D eigenvalue weighted by molar-refractivity contribution is -0.138. The number of rotatable bonds is 2. The maximum Gasteiger partial charge on any atom is 0.308 e. The van der Waals surface area contributed by atoms with Crippen molar-refractivity contribution in [1.29, 1.82) is 0 Å². The Bertz CT molecular complexity index is 483. The van der Waals surface area contributed by atoms with Crippen LogP contribution < -0.4 is 5.56 Å². The molecule has 1 fully saturated rings. The van der Waals surface area contributed by atoms with Crippen LogP contribution in [0.4, 0.5) is 0 Å². The van der Waals surface area contributed by atoms with E-state index in [9.17, 15) is 9.59 Å². The average molecular weight is 229 g/mol. The summed E-state index contributed by atoms with van der Waals surface area (Å²) in [5.41, 5.74) is 0.302. The first-order valence-corrected chi connectivity index (χ1v) is 4.87. The number of aryl methyl sites for hydroxylation is 1. The van der Waals surface area contributed by atoms with Gasteiger partial charge >= 0.3 is 5.97 Å². The molecule has 0 aliphatic heterocycles. The zero-order valence-corrected chi connectivity index (χ0v) is 8.73. The summed E-state index contributed by atoms with van der Waals surface area (Å²) in [6, 6.07) is 1.03. The second-order valence-electron chi connectivity index (χ2n) is 3.65. The SMILES string of the molecule is Cc1cc(=O)n([C@H]2CC2C(=O)O)nc1Cl. The van der Waals surface area contributed by atoms with Crippen LogP contribution in [-0.4, -0.2) is 20.9 Å². The van der Waals surface area contributed by atoms with Crippen LogP contribution in [0.3, 0.4) is 0 Å². The first kappa shape index (κ1) is 10.2. The molecule has 2 rings (SSSR count). The van der Waals surface area contributed by atoms with Gasteiger partial charge in [-0.3, -0.25) is 9.59 Å². The van der Waals surface area contributed by atoms with E-state index in [1.165, 1.54) is 6.07 Å². The fourth-order valence-electron chi connectivity index (χ4n) is 1.49. The molecular weight excluding hydrogens is 220 g/mol. The van der Waals surface area contributed by atoms with Crippen molar-refractivity contribution in [1.82, 2.24) is 9.78 Å². The summed E-state index contributed by atoms with van der Waals surface area (Å²) in [5.74, 6) is -1.40. The molecule has 1 aliphatic carbocycles. The van der Waals surface area contributed by atoms with Crippen LogP contribution in [-0.2, 0) is 4.79 Å². The number of hydrogen-bond donors (Lipinski definition) is 1. The van der Waals surface area contributed by atoms with Gasteiger partial charge in [-0.2, -0.15) is 5.10 Å². The molecule has 2 atom stereocenters. The Kier molecular flexibility index (Phi) is 2.26. The smallest absolute Gasteiger partial charge is 0.308 e. The molecule has 1 heterocycles. The molecule has 80 valence electrons. The van der Waals surface area contributed by atoms with Gasteiger partial charge in [0, 0.05) is 6.07 Å². The van der Waals surface area contributed by atoms with Gasteiger partial charge in [0.1, 0.15) is 0 Å². The fourth-order valence-corrected chi connectivity index (χ4v) is 1.62. The molecule has 0 aromatic carbocycles. The Hall–Kier alpha value is -1.36. The van der Waals surface area contributed by atoms with Gasteiger partial charge in [0.05, 0.1) is 12.0 Å². The molecule has 6 heteroatoms. The highest BCUT2D eigenvalue weighted by Gasteiger charge is 2.46. The number of hydrogen-bond acceptors (Lipinski definition) is 3. The second kappa shape index (κ2) is 3.34. The molecule has 1 N–H and O–H groups in total. The van der Waals surface area contributed by atoms with E-state index in [-0.39, 0.29) is 16.8 Å². The number of aliphatic carboxylic acids is 1. The van der Waals surface area contributed by atoms with Gasteiger partial charge in [-0.15, -0.1) is 0 Å². The van der Waals surface area contributed by atoms with Gasteiger partial charge in [0.2, 0.25) is 0 Å². The van der Waals surface area contributed by atoms with Crippen molar-refractivity contribution in [3.05, 3.63) is 27.1 Å². The Labute approximate surface area is 90.3 Å². The Morgan fingerprint density at radius 2 is 2.40 bits per heavy atom. The molecule has 0 amide bonds. The van der Waals surface area contributed by atoms with Crippen molar-refractivity contribution < 1.29 is 9.90 Å². The van der Waals surface area contributed by atoms with E-state index in [4.69, 9.17) is 16.7 Å². The Balaban J connectivity index is 2.35. The molecule has 5 nitrogen and oxygen atoms in total. The number of carboxylic acid groups (broad SMARTS) is 1. The van der Waals surface area contributed by atoms with E-state index in [1.807, 2.05) is 0 Å².